The third-order valence-corrected chi connectivity index (χ3v) is 6.49. The molecule has 0 aromatic heterocycles. The zero-order valence-electron chi connectivity index (χ0n) is 17.1. The van der Waals surface area contributed by atoms with Gasteiger partial charge in [0.1, 0.15) is 6.29 Å². The number of carbonyl (C=O) groups excluding carboxylic acids is 1. The summed E-state index contributed by atoms with van der Waals surface area (Å²) < 4.78 is 67.8. The lowest BCUT2D eigenvalue weighted by Crippen LogP contribution is -2.31. The fraction of sp³-hybridized carbons (Fsp3) is 0.125. The van der Waals surface area contributed by atoms with Crippen molar-refractivity contribution < 1.29 is 26.4 Å². The highest BCUT2D eigenvalue weighted by atomic mass is 32.2. The second-order valence-electron chi connectivity index (χ2n) is 7.09. The number of halogens is 3. The van der Waals surface area contributed by atoms with E-state index in [0.29, 0.717) is 6.07 Å². The van der Waals surface area contributed by atoms with E-state index in [4.69, 9.17) is 0 Å². The number of alkyl halides is 3. The van der Waals surface area contributed by atoms with Gasteiger partial charge in [-0.3, -0.25) is 9.10 Å². The Morgan fingerprint density at radius 1 is 0.906 bits per heavy atom. The maximum atomic E-state index is 13.4. The third-order valence-electron chi connectivity index (χ3n) is 4.68. The van der Waals surface area contributed by atoms with Crippen LogP contribution >= 0.6 is 0 Å². The molecule has 0 heterocycles. The third kappa shape index (κ3) is 5.45. The number of anilines is 1. The zero-order chi connectivity index (χ0) is 23.4. The molecule has 0 atom stereocenters. The molecule has 0 N–H and O–H groups in total. The molecule has 3 aromatic rings. The standard InChI is InChI=1S/C24H20F3NO3S/c1-18-9-11-23(12-10-18)32(30,31)28(13-5-8-19-6-3-2-4-7-19)22-15-20(17-29)14-21(16-22)24(25,26)27/h2-12,14-17H,13H2,1H3/b8-5+. The molecule has 0 bridgehead atoms. The Kier molecular flexibility index (Phi) is 6.84. The van der Waals surface area contributed by atoms with Crippen LogP contribution in [0.15, 0.2) is 83.8 Å². The number of hydrogen-bond donors (Lipinski definition) is 0. The maximum absolute atomic E-state index is 13.4. The summed E-state index contributed by atoms with van der Waals surface area (Å²) >= 11 is 0. The van der Waals surface area contributed by atoms with Crippen molar-refractivity contribution in [3.05, 3.63) is 101 Å². The largest absolute Gasteiger partial charge is 0.416 e. The SMILES string of the molecule is Cc1ccc(S(=O)(=O)N(C/C=C/c2ccccc2)c2cc(C=O)cc(C(F)(F)F)c2)cc1. The molecular formula is C24H20F3NO3S. The lowest BCUT2D eigenvalue weighted by Gasteiger charge is -2.24. The molecule has 0 saturated heterocycles. The summed E-state index contributed by atoms with van der Waals surface area (Å²) in [5.74, 6) is 0. The zero-order valence-corrected chi connectivity index (χ0v) is 17.9. The van der Waals surface area contributed by atoms with Gasteiger partial charge in [-0.1, -0.05) is 60.2 Å². The van der Waals surface area contributed by atoms with Gasteiger partial charge in [0.15, 0.2) is 0 Å². The summed E-state index contributed by atoms with van der Waals surface area (Å²) in [6.45, 7) is 1.56. The predicted molar refractivity (Wildman–Crippen MR) is 118 cm³/mol. The van der Waals surface area contributed by atoms with Crippen molar-refractivity contribution >= 4 is 28.1 Å². The number of nitrogens with zero attached hydrogens (tertiary/aromatic N) is 1. The Hall–Kier alpha value is -3.39. The minimum Gasteiger partial charge on any atom is -0.298 e. The average Bonchev–Trinajstić information content (AvgIpc) is 2.76. The van der Waals surface area contributed by atoms with Crippen molar-refractivity contribution in [1.29, 1.82) is 0 Å². The molecule has 4 nitrogen and oxygen atoms in total. The van der Waals surface area contributed by atoms with Crippen LogP contribution in [-0.4, -0.2) is 21.2 Å². The highest BCUT2D eigenvalue weighted by Gasteiger charge is 2.33. The number of carbonyl (C=O) groups is 1. The van der Waals surface area contributed by atoms with E-state index in [1.165, 1.54) is 12.1 Å². The number of aldehydes is 1. The van der Waals surface area contributed by atoms with E-state index >= 15 is 0 Å². The van der Waals surface area contributed by atoms with Gasteiger partial charge in [-0.25, -0.2) is 8.42 Å². The first-order chi connectivity index (χ1) is 15.1. The molecule has 3 rings (SSSR count). The van der Waals surface area contributed by atoms with E-state index in [2.05, 4.69) is 0 Å². The van der Waals surface area contributed by atoms with Crippen LogP contribution in [0.3, 0.4) is 0 Å². The van der Waals surface area contributed by atoms with Gasteiger partial charge in [-0.05, 0) is 42.8 Å². The lowest BCUT2D eigenvalue weighted by molar-refractivity contribution is -0.137. The first-order valence-corrected chi connectivity index (χ1v) is 11.0. The smallest absolute Gasteiger partial charge is 0.298 e. The summed E-state index contributed by atoms with van der Waals surface area (Å²) in [7, 11) is -4.21. The molecule has 0 amide bonds. The van der Waals surface area contributed by atoms with Crippen LogP contribution in [-0.2, 0) is 16.2 Å². The number of aryl methyl sites for hydroxylation is 1. The Balaban J connectivity index is 2.11. The monoisotopic (exact) mass is 459 g/mol. The molecule has 0 spiro atoms. The predicted octanol–water partition coefficient (Wildman–Crippen LogP) is 5.74. The van der Waals surface area contributed by atoms with E-state index in [1.807, 2.05) is 30.3 Å². The molecule has 32 heavy (non-hydrogen) atoms. The minimum absolute atomic E-state index is 0.0683. The van der Waals surface area contributed by atoms with Crippen molar-refractivity contribution in [2.45, 2.75) is 18.0 Å². The quantitative estimate of drug-likeness (QED) is 0.424. The van der Waals surface area contributed by atoms with Crippen LogP contribution in [0.4, 0.5) is 18.9 Å². The van der Waals surface area contributed by atoms with Crippen molar-refractivity contribution in [2.24, 2.45) is 0 Å². The van der Waals surface area contributed by atoms with Gasteiger partial charge in [0.2, 0.25) is 0 Å². The topological polar surface area (TPSA) is 54.5 Å². The molecule has 0 radical (unpaired) electrons. The van der Waals surface area contributed by atoms with Crippen molar-refractivity contribution in [3.8, 4) is 0 Å². The van der Waals surface area contributed by atoms with Gasteiger partial charge >= 0.3 is 6.18 Å². The summed E-state index contributed by atoms with van der Waals surface area (Å²) in [6, 6.07) is 17.6. The van der Waals surface area contributed by atoms with E-state index in [-0.39, 0.29) is 29.0 Å². The van der Waals surface area contributed by atoms with E-state index in [0.717, 1.165) is 27.6 Å². The first-order valence-electron chi connectivity index (χ1n) is 9.60. The first kappa shape index (κ1) is 23.3. The average molecular weight is 459 g/mol. The molecule has 166 valence electrons. The number of benzene rings is 3. The fourth-order valence-corrected chi connectivity index (χ4v) is 4.44. The molecule has 0 fully saturated rings. The molecule has 0 aliphatic heterocycles. The Labute approximate surface area is 184 Å². The van der Waals surface area contributed by atoms with Crippen LogP contribution in [0.25, 0.3) is 6.08 Å². The maximum Gasteiger partial charge on any atom is 0.416 e. The second-order valence-corrected chi connectivity index (χ2v) is 8.95. The van der Waals surface area contributed by atoms with Crippen LogP contribution in [0, 0.1) is 6.92 Å². The van der Waals surface area contributed by atoms with E-state index in [9.17, 15) is 26.4 Å². The van der Waals surface area contributed by atoms with Crippen molar-refractivity contribution in [3.63, 3.8) is 0 Å². The molecule has 0 aliphatic rings. The van der Waals surface area contributed by atoms with Gasteiger partial charge in [0, 0.05) is 5.56 Å². The van der Waals surface area contributed by atoms with Gasteiger partial charge in [-0.15, -0.1) is 0 Å². The van der Waals surface area contributed by atoms with Crippen LogP contribution in [0.5, 0.6) is 0 Å². The second kappa shape index (κ2) is 9.40. The molecular weight excluding hydrogens is 439 g/mol. The molecule has 0 saturated carbocycles. The van der Waals surface area contributed by atoms with Gasteiger partial charge in [-0.2, -0.15) is 13.2 Å². The van der Waals surface area contributed by atoms with Gasteiger partial charge in [0.25, 0.3) is 10.0 Å². The Morgan fingerprint density at radius 3 is 2.16 bits per heavy atom. The lowest BCUT2D eigenvalue weighted by atomic mass is 10.1. The Bertz CT molecular complexity index is 1220. The number of sulfonamides is 1. The highest BCUT2D eigenvalue weighted by Crippen LogP contribution is 2.34. The Morgan fingerprint density at radius 2 is 1.56 bits per heavy atom. The van der Waals surface area contributed by atoms with Crippen molar-refractivity contribution in [2.75, 3.05) is 10.8 Å². The fourth-order valence-electron chi connectivity index (χ4n) is 3.04. The van der Waals surface area contributed by atoms with E-state index in [1.54, 1.807) is 31.2 Å². The normalized spacial score (nSPS) is 12.1. The summed E-state index contributed by atoms with van der Waals surface area (Å²) in [4.78, 5) is 11.2. The molecule has 0 aliphatic carbocycles. The summed E-state index contributed by atoms with van der Waals surface area (Å²) in [6.07, 6.45) is -1.27. The van der Waals surface area contributed by atoms with Crippen LogP contribution < -0.4 is 4.31 Å². The van der Waals surface area contributed by atoms with E-state index < -0.39 is 21.8 Å². The summed E-state index contributed by atoms with van der Waals surface area (Å²) in [5.41, 5.74) is 0.0130. The summed E-state index contributed by atoms with van der Waals surface area (Å²) in [5, 5.41) is 0. The number of rotatable bonds is 7. The minimum atomic E-state index is -4.74. The van der Waals surface area contributed by atoms with Gasteiger partial charge in [0.05, 0.1) is 22.7 Å². The number of hydrogen-bond acceptors (Lipinski definition) is 3. The van der Waals surface area contributed by atoms with Crippen LogP contribution in [0.2, 0.25) is 0 Å². The molecule has 8 heteroatoms. The molecule has 3 aromatic carbocycles. The van der Waals surface area contributed by atoms with Gasteiger partial charge < -0.3 is 0 Å². The van der Waals surface area contributed by atoms with Crippen LogP contribution in [0.1, 0.15) is 27.0 Å². The van der Waals surface area contributed by atoms with Crippen molar-refractivity contribution in [1.82, 2.24) is 0 Å². The highest BCUT2D eigenvalue weighted by molar-refractivity contribution is 7.92. The molecule has 0 unspecified atom stereocenters.